The summed E-state index contributed by atoms with van der Waals surface area (Å²) < 4.78 is 7.91. The van der Waals surface area contributed by atoms with Gasteiger partial charge < -0.3 is 9.30 Å². The van der Waals surface area contributed by atoms with Crippen molar-refractivity contribution in [3.63, 3.8) is 0 Å². The van der Waals surface area contributed by atoms with Crippen LogP contribution in [0.1, 0.15) is 23.0 Å². The standard InChI is InChI=1S/C15H16BrNO2/c1-4-19-15(18)12-10(2)17(3)14(13(12)16)11-8-6-5-7-9-11/h5-9H,4H2,1-3H3. The Hall–Kier alpha value is -1.55. The van der Waals surface area contributed by atoms with Gasteiger partial charge in [-0.3, -0.25) is 0 Å². The fraction of sp³-hybridized carbons (Fsp3) is 0.267. The number of hydrogen-bond acceptors (Lipinski definition) is 2. The van der Waals surface area contributed by atoms with Crippen molar-refractivity contribution in [1.82, 2.24) is 4.57 Å². The van der Waals surface area contributed by atoms with Gasteiger partial charge in [0.25, 0.3) is 0 Å². The lowest BCUT2D eigenvalue weighted by Gasteiger charge is -2.05. The molecule has 0 unspecified atom stereocenters. The number of halogens is 1. The molecule has 0 amide bonds. The van der Waals surface area contributed by atoms with Crippen LogP contribution in [0.15, 0.2) is 34.8 Å². The molecule has 1 aromatic heterocycles. The van der Waals surface area contributed by atoms with E-state index < -0.39 is 0 Å². The molecule has 19 heavy (non-hydrogen) atoms. The lowest BCUT2D eigenvalue weighted by atomic mass is 10.1. The minimum atomic E-state index is -0.287. The van der Waals surface area contributed by atoms with Crippen molar-refractivity contribution in [2.24, 2.45) is 7.05 Å². The number of hydrogen-bond donors (Lipinski definition) is 0. The van der Waals surface area contributed by atoms with Crippen molar-refractivity contribution in [2.45, 2.75) is 13.8 Å². The molecule has 0 bridgehead atoms. The minimum Gasteiger partial charge on any atom is -0.462 e. The largest absolute Gasteiger partial charge is 0.462 e. The molecule has 3 nitrogen and oxygen atoms in total. The van der Waals surface area contributed by atoms with Crippen molar-refractivity contribution in [2.75, 3.05) is 6.61 Å². The molecule has 0 aliphatic rings. The fourth-order valence-electron chi connectivity index (χ4n) is 2.12. The Labute approximate surface area is 121 Å². The summed E-state index contributed by atoms with van der Waals surface area (Å²) in [5, 5.41) is 0. The third kappa shape index (κ3) is 2.45. The van der Waals surface area contributed by atoms with Crippen LogP contribution in [0.4, 0.5) is 0 Å². The Kier molecular flexibility index (Phi) is 4.10. The Morgan fingerprint density at radius 1 is 1.32 bits per heavy atom. The van der Waals surface area contributed by atoms with E-state index in [1.165, 1.54) is 0 Å². The maximum atomic E-state index is 12.0. The number of aromatic nitrogens is 1. The van der Waals surface area contributed by atoms with Crippen molar-refractivity contribution < 1.29 is 9.53 Å². The van der Waals surface area contributed by atoms with Crippen molar-refractivity contribution in [1.29, 1.82) is 0 Å². The quantitative estimate of drug-likeness (QED) is 0.802. The first-order valence-corrected chi connectivity index (χ1v) is 6.94. The number of nitrogens with zero attached hydrogens (tertiary/aromatic N) is 1. The molecule has 2 rings (SSSR count). The highest BCUT2D eigenvalue weighted by Crippen LogP contribution is 2.35. The lowest BCUT2D eigenvalue weighted by molar-refractivity contribution is 0.0524. The monoisotopic (exact) mass is 321 g/mol. The molecule has 0 aliphatic carbocycles. The topological polar surface area (TPSA) is 31.2 Å². The number of rotatable bonds is 3. The van der Waals surface area contributed by atoms with E-state index >= 15 is 0 Å². The van der Waals surface area contributed by atoms with E-state index in [0.717, 1.165) is 21.4 Å². The van der Waals surface area contributed by atoms with Crippen LogP contribution in [0.3, 0.4) is 0 Å². The van der Waals surface area contributed by atoms with Crippen LogP contribution < -0.4 is 0 Å². The highest BCUT2D eigenvalue weighted by molar-refractivity contribution is 9.10. The summed E-state index contributed by atoms with van der Waals surface area (Å²) in [5.41, 5.74) is 3.55. The molecule has 0 saturated carbocycles. The van der Waals surface area contributed by atoms with E-state index in [0.29, 0.717) is 12.2 Å². The van der Waals surface area contributed by atoms with Gasteiger partial charge in [-0.1, -0.05) is 30.3 Å². The number of ether oxygens (including phenoxy) is 1. The van der Waals surface area contributed by atoms with E-state index in [9.17, 15) is 4.79 Å². The molecular formula is C15H16BrNO2. The summed E-state index contributed by atoms with van der Waals surface area (Å²) in [6, 6.07) is 9.98. The molecule has 1 aromatic carbocycles. The zero-order chi connectivity index (χ0) is 14.0. The zero-order valence-electron chi connectivity index (χ0n) is 11.2. The van der Waals surface area contributed by atoms with Gasteiger partial charge in [0.2, 0.25) is 0 Å². The second-order valence-corrected chi connectivity index (χ2v) is 5.06. The zero-order valence-corrected chi connectivity index (χ0v) is 12.8. The van der Waals surface area contributed by atoms with E-state index in [1.54, 1.807) is 0 Å². The highest BCUT2D eigenvalue weighted by Gasteiger charge is 2.23. The summed E-state index contributed by atoms with van der Waals surface area (Å²) >= 11 is 3.54. The number of benzene rings is 1. The van der Waals surface area contributed by atoms with Crippen LogP contribution in [-0.4, -0.2) is 17.1 Å². The van der Waals surface area contributed by atoms with E-state index in [4.69, 9.17) is 4.74 Å². The molecular weight excluding hydrogens is 306 g/mol. The van der Waals surface area contributed by atoms with Gasteiger partial charge in [0.15, 0.2) is 0 Å². The fourth-order valence-corrected chi connectivity index (χ4v) is 3.06. The second kappa shape index (κ2) is 5.61. The van der Waals surface area contributed by atoms with Gasteiger partial charge in [-0.05, 0) is 35.3 Å². The molecule has 0 fully saturated rings. The average molecular weight is 322 g/mol. The Morgan fingerprint density at radius 3 is 2.53 bits per heavy atom. The molecule has 0 N–H and O–H groups in total. The predicted octanol–water partition coefficient (Wildman–Crippen LogP) is 3.94. The van der Waals surface area contributed by atoms with Gasteiger partial charge in [0.1, 0.15) is 0 Å². The minimum absolute atomic E-state index is 0.287. The molecule has 0 spiro atoms. The van der Waals surface area contributed by atoms with Crippen LogP contribution in [-0.2, 0) is 11.8 Å². The molecule has 0 saturated heterocycles. The Bertz CT molecular complexity index is 602. The average Bonchev–Trinajstić information content (AvgIpc) is 2.62. The van der Waals surface area contributed by atoms with Crippen LogP contribution in [0, 0.1) is 6.92 Å². The highest BCUT2D eigenvalue weighted by atomic mass is 79.9. The maximum absolute atomic E-state index is 12.0. The summed E-state index contributed by atoms with van der Waals surface area (Å²) in [6.45, 7) is 4.10. The first-order chi connectivity index (χ1) is 9.07. The van der Waals surface area contributed by atoms with E-state index in [1.807, 2.05) is 55.8 Å². The molecule has 0 radical (unpaired) electrons. The molecule has 4 heteroatoms. The second-order valence-electron chi connectivity index (χ2n) is 4.27. The summed E-state index contributed by atoms with van der Waals surface area (Å²) in [5.74, 6) is -0.287. The van der Waals surface area contributed by atoms with Gasteiger partial charge in [-0.15, -0.1) is 0 Å². The SMILES string of the molecule is CCOC(=O)c1c(Br)c(-c2ccccc2)n(C)c1C. The Morgan fingerprint density at radius 2 is 1.95 bits per heavy atom. The van der Waals surface area contributed by atoms with Gasteiger partial charge in [-0.2, -0.15) is 0 Å². The smallest absolute Gasteiger partial charge is 0.341 e. The summed E-state index contributed by atoms with van der Waals surface area (Å²) in [7, 11) is 1.95. The number of carbonyl (C=O) groups excluding carboxylic acids is 1. The van der Waals surface area contributed by atoms with Gasteiger partial charge in [-0.25, -0.2) is 4.79 Å². The number of carbonyl (C=O) groups is 1. The molecule has 0 aliphatic heterocycles. The first kappa shape index (κ1) is 13.9. The van der Waals surface area contributed by atoms with Crippen molar-refractivity contribution in [3.8, 4) is 11.3 Å². The summed E-state index contributed by atoms with van der Waals surface area (Å²) in [4.78, 5) is 12.0. The van der Waals surface area contributed by atoms with Gasteiger partial charge in [0.05, 0.1) is 22.3 Å². The summed E-state index contributed by atoms with van der Waals surface area (Å²) in [6.07, 6.45) is 0. The molecule has 0 atom stereocenters. The molecule has 100 valence electrons. The van der Waals surface area contributed by atoms with Crippen LogP contribution in [0.2, 0.25) is 0 Å². The predicted molar refractivity (Wildman–Crippen MR) is 79.2 cm³/mol. The van der Waals surface area contributed by atoms with Gasteiger partial charge >= 0.3 is 5.97 Å². The van der Waals surface area contributed by atoms with Crippen LogP contribution in [0.5, 0.6) is 0 Å². The maximum Gasteiger partial charge on any atom is 0.341 e. The van der Waals surface area contributed by atoms with Crippen molar-refractivity contribution >= 4 is 21.9 Å². The van der Waals surface area contributed by atoms with Gasteiger partial charge in [0, 0.05) is 12.7 Å². The van der Waals surface area contributed by atoms with E-state index in [2.05, 4.69) is 15.9 Å². The normalized spacial score (nSPS) is 10.5. The number of esters is 1. The first-order valence-electron chi connectivity index (χ1n) is 6.15. The van der Waals surface area contributed by atoms with Crippen LogP contribution in [0.25, 0.3) is 11.3 Å². The van der Waals surface area contributed by atoms with Crippen LogP contribution >= 0.6 is 15.9 Å². The lowest BCUT2D eigenvalue weighted by Crippen LogP contribution is -2.06. The van der Waals surface area contributed by atoms with Crippen molar-refractivity contribution in [3.05, 3.63) is 46.1 Å². The third-order valence-corrected chi connectivity index (χ3v) is 3.93. The third-order valence-electron chi connectivity index (χ3n) is 3.15. The molecule has 1 heterocycles. The Balaban J connectivity index is 2.59. The van der Waals surface area contributed by atoms with E-state index in [-0.39, 0.29) is 5.97 Å². The molecule has 2 aromatic rings.